The maximum atomic E-state index is 11.5. The lowest BCUT2D eigenvalue weighted by Gasteiger charge is -1.99. The van der Waals surface area contributed by atoms with Crippen molar-refractivity contribution in [1.29, 1.82) is 5.26 Å². The first-order valence-corrected chi connectivity index (χ1v) is 4.78. The third kappa shape index (κ3) is 1.86. The van der Waals surface area contributed by atoms with Crippen LogP contribution in [0.3, 0.4) is 0 Å². The van der Waals surface area contributed by atoms with Crippen molar-refractivity contribution in [3.63, 3.8) is 0 Å². The van der Waals surface area contributed by atoms with E-state index < -0.39 is 0 Å². The summed E-state index contributed by atoms with van der Waals surface area (Å²) in [6.07, 6.45) is 1.48. The fraction of sp³-hybridized carbons (Fsp3) is 0.182. The first kappa shape index (κ1) is 10.2. The van der Waals surface area contributed by atoms with E-state index in [0.717, 1.165) is 5.56 Å². The largest absolute Gasteiger partial charge is 0.345 e. The average molecular weight is 214 g/mol. The number of rotatable bonds is 2. The van der Waals surface area contributed by atoms with E-state index in [4.69, 9.17) is 5.26 Å². The fourth-order valence-electron chi connectivity index (χ4n) is 1.39. The van der Waals surface area contributed by atoms with Crippen LogP contribution in [-0.4, -0.2) is 14.3 Å². The van der Waals surface area contributed by atoms with Crippen molar-refractivity contribution in [3.05, 3.63) is 52.2 Å². The molecule has 0 aliphatic carbocycles. The Hall–Kier alpha value is -2.35. The van der Waals surface area contributed by atoms with E-state index in [2.05, 4.69) is 5.10 Å². The van der Waals surface area contributed by atoms with Gasteiger partial charge in [-0.05, 0) is 17.7 Å². The van der Waals surface area contributed by atoms with Gasteiger partial charge >= 0.3 is 5.69 Å². The minimum Gasteiger partial charge on any atom is -0.285 e. The molecule has 0 aliphatic rings. The monoisotopic (exact) mass is 214 g/mol. The normalized spacial score (nSPS) is 10.0. The van der Waals surface area contributed by atoms with Gasteiger partial charge in [-0.3, -0.25) is 4.57 Å². The molecule has 80 valence electrons. The predicted octanol–water partition coefficient (Wildman–Crippen LogP) is 0.502. The van der Waals surface area contributed by atoms with Crippen LogP contribution in [0.1, 0.15) is 11.1 Å². The molecule has 5 nitrogen and oxygen atoms in total. The lowest BCUT2D eigenvalue weighted by Crippen LogP contribution is -2.23. The van der Waals surface area contributed by atoms with Crippen molar-refractivity contribution >= 4 is 0 Å². The first-order valence-electron chi connectivity index (χ1n) is 4.78. The first-order chi connectivity index (χ1) is 7.70. The summed E-state index contributed by atoms with van der Waals surface area (Å²) in [6.45, 7) is 0.422. The number of aromatic nitrogens is 3. The van der Waals surface area contributed by atoms with Crippen LogP contribution in [0.4, 0.5) is 0 Å². The average Bonchev–Trinajstić information content (AvgIpc) is 2.62. The van der Waals surface area contributed by atoms with Crippen molar-refractivity contribution in [1.82, 2.24) is 14.3 Å². The third-order valence-corrected chi connectivity index (χ3v) is 2.30. The van der Waals surface area contributed by atoms with Crippen LogP contribution in [0.5, 0.6) is 0 Å². The van der Waals surface area contributed by atoms with Gasteiger partial charge < -0.3 is 0 Å². The van der Waals surface area contributed by atoms with E-state index >= 15 is 0 Å². The number of benzene rings is 1. The van der Waals surface area contributed by atoms with Gasteiger partial charge in [0.15, 0.2) is 0 Å². The smallest absolute Gasteiger partial charge is 0.285 e. The second kappa shape index (κ2) is 4.03. The van der Waals surface area contributed by atoms with Crippen LogP contribution < -0.4 is 5.69 Å². The summed E-state index contributed by atoms with van der Waals surface area (Å²) in [6, 6.07) is 9.13. The maximum absolute atomic E-state index is 11.5. The predicted molar refractivity (Wildman–Crippen MR) is 57.7 cm³/mol. The molecule has 1 aromatic heterocycles. The van der Waals surface area contributed by atoms with Gasteiger partial charge in [0, 0.05) is 7.05 Å². The van der Waals surface area contributed by atoms with E-state index in [0.29, 0.717) is 12.1 Å². The zero-order valence-corrected chi connectivity index (χ0v) is 8.79. The van der Waals surface area contributed by atoms with E-state index in [1.807, 2.05) is 18.2 Å². The second-order valence-electron chi connectivity index (χ2n) is 3.49. The molecular weight excluding hydrogens is 204 g/mol. The summed E-state index contributed by atoms with van der Waals surface area (Å²) in [5.74, 6) is 0. The Bertz CT molecular complexity index is 586. The summed E-state index contributed by atoms with van der Waals surface area (Å²) in [5.41, 5.74) is 1.40. The second-order valence-corrected chi connectivity index (χ2v) is 3.49. The zero-order chi connectivity index (χ0) is 11.5. The van der Waals surface area contributed by atoms with E-state index in [1.54, 1.807) is 19.2 Å². The van der Waals surface area contributed by atoms with E-state index in [9.17, 15) is 4.79 Å². The molecule has 16 heavy (non-hydrogen) atoms. The highest BCUT2D eigenvalue weighted by Crippen LogP contribution is 2.03. The molecule has 0 fully saturated rings. The zero-order valence-electron chi connectivity index (χ0n) is 8.79. The van der Waals surface area contributed by atoms with Gasteiger partial charge in [-0.25, -0.2) is 9.48 Å². The summed E-state index contributed by atoms with van der Waals surface area (Å²) < 4.78 is 2.80. The van der Waals surface area contributed by atoms with Crippen LogP contribution in [-0.2, 0) is 13.6 Å². The van der Waals surface area contributed by atoms with Gasteiger partial charge in [-0.1, -0.05) is 12.1 Å². The van der Waals surface area contributed by atoms with E-state index in [1.165, 1.54) is 15.6 Å². The quantitative estimate of drug-likeness (QED) is 0.731. The summed E-state index contributed by atoms with van der Waals surface area (Å²) in [5, 5.41) is 12.6. The maximum Gasteiger partial charge on any atom is 0.345 e. The lowest BCUT2D eigenvalue weighted by atomic mass is 10.1. The molecule has 1 heterocycles. The van der Waals surface area contributed by atoms with Crippen LogP contribution in [0.25, 0.3) is 0 Å². The molecule has 2 aromatic rings. The van der Waals surface area contributed by atoms with Crippen molar-refractivity contribution in [2.45, 2.75) is 6.54 Å². The molecule has 0 amide bonds. The Morgan fingerprint density at radius 3 is 2.56 bits per heavy atom. The molecule has 0 atom stereocenters. The highest BCUT2D eigenvalue weighted by atomic mass is 16.2. The molecule has 5 heteroatoms. The summed E-state index contributed by atoms with van der Waals surface area (Å²) in [4.78, 5) is 11.5. The topological polar surface area (TPSA) is 63.6 Å². The molecule has 0 radical (unpaired) electrons. The Morgan fingerprint density at radius 1 is 1.38 bits per heavy atom. The van der Waals surface area contributed by atoms with Crippen molar-refractivity contribution in [2.75, 3.05) is 0 Å². The molecular formula is C11H10N4O. The van der Waals surface area contributed by atoms with Crippen LogP contribution >= 0.6 is 0 Å². The van der Waals surface area contributed by atoms with Gasteiger partial charge in [0.2, 0.25) is 0 Å². The molecule has 0 saturated carbocycles. The highest BCUT2D eigenvalue weighted by Gasteiger charge is 2.02. The molecule has 0 N–H and O–H groups in total. The number of nitriles is 1. The number of nitrogens with zero attached hydrogens (tertiary/aromatic N) is 4. The fourth-order valence-corrected chi connectivity index (χ4v) is 1.39. The number of hydrogen-bond acceptors (Lipinski definition) is 3. The van der Waals surface area contributed by atoms with Gasteiger partial charge in [0.1, 0.15) is 6.33 Å². The molecule has 2 rings (SSSR count). The van der Waals surface area contributed by atoms with Crippen LogP contribution in [0, 0.1) is 11.3 Å². The number of aryl methyl sites for hydroxylation is 1. The third-order valence-electron chi connectivity index (χ3n) is 2.30. The Balaban J connectivity index is 2.25. The minimum atomic E-state index is -0.149. The molecule has 0 saturated heterocycles. The standard InChI is InChI=1S/C11H10N4O/c1-14-8-13-15(11(14)16)7-10-4-2-9(6-12)3-5-10/h2-5,8H,7H2,1H3. The molecule has 1 aromatic carbocycles. The van der Waals surface area contributed by atoms with Gasteiger partial charge in [-0.15, -0.1) is 0 Å². The lowest BCUT2D eigenvalue weighted by molar-refractivity contribution is 0.647. The van der Waals surface area contributed by atoms with E-state index in [-0.39, 0.29) is 5.69 Å². The van der Waals surface area contributed by atoms with Gasteiger partial charge in [-0.2, -0.15) is 10.4 Å². The molecule has 0 unspecified atom stereocenters. The van der Waals surface area contributed by atoms with Crippen LogP contribution in [0.15, 0.2) is 35.4 Å². The summed E-state index contributed by atoms with van der Waals surface area (Å²) >= 11 is 0. The minimum absolute atomic E-state index is 0.149. The Morgan fingerprint density at radius 2 is 2.06 bits per heavy atom. The van der Waals surface area contributed by atoms with Crippen molar-refractivity contribution in [3.8, 4) is 6.07 Å². The molecule has 0 bridgehead atoms. The van der Waals surface area contributed by atoms with Crippen LogP contribution in [0.2, 0.25) is 0 Å². The Labute approximate surface area is 92.2 Å². The number of hydrogen-bond donors (Lipinski definition) is 0. The summed E-state index contributed by atoms with van der Waals surface area (Å²) in [7, 11) is 1.66. The van der Waals surface area contributed by atoms with Gasteiger partial charge in [0.25, 0.3) is 0 Å². The van der Waals surface area contributed by atoms with Gasteiger partial charge in [0.05, 0.1) is 18.2 Å². The highest BCUT2D eigenvalue weighted by molar-refractivity contribution is 5.31. The Kier molecular flexibility index (Phi) is 2.56. The molecule has 0 spiro atoms. The van der Waals surface area contributed by atoms with Crippen molar-refractivity contribution in [2.24, 2.45) is 7.05 Å². The SMILES string of the molecule is Cn1cnn(Cc2ccc(C#N)cc2)c1=O. The molecule has 0 aliphatic heterocycles. The van der Waals surface area contributed by atoms with Crippen molar-refractivity contribution < 1.29 is 0 Å².